The van der Waals surface area contributed by atoms with E-state index in [1.807, 2.05) is 31.2 Å². The third-order valence-electron chi connectivity index (χ3n) is 3.65. The average molecular weight is 372 g/mol. The van der Waals surface area contributed by atoms with Gasteiger partial charge in [-0.3, -0.25) is 4.79 Å². The number of amides is 1. The van der Waals surface area contributed by atoms with Crippen LogP contribution in [0.2, 0.25) is 0 Å². The van der Waals surface area contributed by atoms with Gasteiger partial charge in [0, 0.05) is 11.4 Å². The standard InChI is InChI=1S/C19H15F3N4O/c1-12-3-2-4-15(9-12)25-17-11-23-16(10-24-17)18(27)26-14-7-5-13(6-8-14)19(20,21)22/h2-11H,1H3,(H,24,25)(H,26,27). The van der Waals surface area contributed by atoms with Gasteiger partial charge in [-0.25, -0.2) is 9.97 Å². The van der Waals surface area contributed by atoms with E-state index in [1.54, 1.807) is 0 Å². The summed E-state index contributed by atoms with van der Waals surface area (Å²) in [7, 11) is 0. The molecule has 27 heavy (non-hydrogen) atoms. The molecular formula is C19H15F3N4O. The average Bonchev–Trinajstić information content (AvgIpc) is 2.62. The van der Waals surface area contributed by atoms with Gasteiger partial charge in [-0.2, -0.15) is 13.2 Å². The molecule has 0 unspecified atom stereocenters. The second-order valence-corrected chi connectivity index (χ2v) is 5.81. The number of anilines is 3. The first kappa shape index (κ1) is 18.4. The lowest BCUT2D eigenvalue weighted by Gasteiger charge is -2.09. The molecule has 0 aliphatic rings. The van der Waals surface area contributed by atoms with Gasteiger partial charge >= 0.3 is 6.18 Å². The lowest BCUT2D eigenvalue weighted by Crippen LogP contribution is -2.14. The molecule has 1 aromatic heterocycles. The van der Waals surface area contributed by atoms with Crippen LogP contribution in [0.15, 0.2) is 60.9 Å². The van der Waals surface area contributed by atoms with Gasteiger partial charge in [0.15, 0.2) is 0 Å². The number of aryl methyl sites for hydroxylation is 1. The summed E-state index contributed by atoms with van der Waals surface area (Å²) in [4.78, 5) is 20.3. The van der Waals surface area contributed by atoms with Crippen molar-refractivity contribution in [1.82, 2.24) is 9.97 Å². The third kappa shape index (κ3) is 4.81. The van der Waals surface area contributed by atoms with Crippen LogP contribution in [0.25, 0.3) is 0 Å². The number of nitrogens with one attached hydrogen (secondary N) is 2. The smallest absolute Gasteiger partial charge is 0.339 e. The van der Waals surface area contributed by atoms with Crippen LogP contribution in [-0.4, -0.2) is 15.9 Å². The van der Waals surface area contributed by atoms with E-state index in [0.29, 0.717) is 5.82 Å². The SMILES string of the molecule is Cc1cccc(Nc2cnc(C(=O)Nc3ccc(C(F)(F)F)cc3)cn2)c1. The summed E-state index contributed by atoms with van der Waals surface area (Å²) in [6, 6.07) is 11.8. The van der Waals surface area contributed by atoms with Gasteiger partial charge in [-0.15, -0.1) is 0 Å². The van der Waals surface area contributed by atoms with E-state index in [9.17, 15) is 18.0 Å². The Kier molecular flexibility index (Phi) is 5.07. The molecule has 1 heterocycles. The number of nitrogens with zero attached hydrogens (tertiary/aromatic N) is 2. The minimum atomic E-state index is -4.42. The van der Waals surface area contributed by atoms with E-state index in [1.165, 1.54) is 24.5 Å². The van der Waals surface area contributed by atoms with Gasteiger partial charge < -0.3 is 10.6 Å². The van der Waals surface area contributed by atoms with Gasteiger partial charge in [0.05, 0.1) is 18.0 Å². The molecule has 0 bridgehead atoms. The number of hydrogen-bond acceptors (Lipinski definition) is 4. The lowest BCUT2D eigenvalue weighted by molar-refractivity contribution is -0.137. The number of alkyl halides is 3. The Morgan fingerprint density at radius 3 is 2.30 bits per heavy atom. The van der Waals surface area contributed by atoms with Crippen molar-refractivity contribution in [3.05, 3.63) is 77.7 Å². The first-order valence-electron chi connectivity index (χ1n) is 7.95. The van der Waals surface area contributed by atoms with Crippen molar-refractivity contribution in [2.24, 2.45) is 0 Å². The number of benzene rings is 2. The van der Waals surface area contributed by atoms with E-state index in [2.05, 4.69) is 20.6 Å². The fraction of sp³-hybridized carbons (Fsp3) is 0.105. The maximum Gasteiger partial charge on any atom is 0.416 e. The quantitative estimate of drug-likeness (QED) is 0.690. The van der Waals surface area contributed by atoms with E-state index in [0.717, 1.165) is 23.4 Å². The summed E-state index contributed by atoms with van der Waals surface area (Å²) in [6.07, 6.45) is -1.73. The number of rotatable bonds is 4. The van der Waals surface area contributed by atoms with Crippen LogP contribution < -0.4 is 10.6 Å². The second kappa shape index (κ2) is 7.45. The molecule has 0 radical (unpaired) electrons. The molecule has 8 heteroatoms. The molecule has 0 saturated carbocycles. The summed E-state index contributed by atoms with van der Waals surface area (Å²) in [6.45, 7) is 1.96. The Bertz CT molecular complexity index is 938. The summed E-state index contributed by atoms with van der Waals surface area (Å²) >= 11 is 0. The van der Waals surface area contributed by atoms with Gasteiger partial charge in [-0.1, -0.05) is 12.1 Å². The van der Waals surface area contributed by atoms with Crippen molar-refractivity contribution in [3.63, 3.8) is 0 Å². The Balaban J connectivity index is 1.65. The largest absolute Gasteiger partial charge is 0.416 e. The molecule has 3 aromatic rings. The lowest BCUT2D eigenvalue weighted by atomic mass is 10.2. The van der Waals surface area contributed by atoms with Gasteiger partial charge in [0.25, 0.3) is 5.91 Å². The molecule has 0 fully saturated rings. The predicted molar refractivity (Wildman–Crippen MR) is 95.9 cm³/mol. The first-order chi connectivity index (χ1) is 12.8. The van der Waals surface area contributed by atoms with Crippen LogP contribution in [0, 0.1) is 6.92 Å². The third-order valence-corrected chi connectivity index (χ3v) is 3.65. The fourth-order valence-corrected chi connectivity index (χ4v) is 2.32. The molecule has 138 valence electrons. The summed E-state index contributed by atoms with van der Waals surface area (Å²) in [5, 5.41) is 5.55. The normalized spacial score (nSPS) is 11.1. The molecule has 0 saturated heterocycles. The molecule has 3 rings (SSSR count). The summed E-state index contributed by atoms with van der Waals surface area (Å²) in [5.74, 6) is -0.101. The van der Waals surface area contributed by atoms with Gasteiger partial charge in [-0.05, 0) is 48.9 Å². The van der Waals surface area contributed by atoms with Crippen molar-refractivity contribution in [2.75, 3.05) is 10.6 Å². The number of aromatic nitrogens is 2. The summed E-state index contributed by atoms with van der Waals surface area (Å²) in [5.41, 5.74) is 1.42. The predicted octanol–water partition coefficient (Wildman–Crippen LogP) is 4.80. The fourth-order valence-electron chi connectivity index (χ4n) is 2.32. The molecule has 0 aliphatic heterocycles. The zero-order chi connectivity index (χ0) is 19.4. The second-order valence-electron chi connectivity index (χ2n) is 5.81. The molecular weight excluding hydrogens is 357 g/mol. The molecule has 2 N–H and O–H groups in total. The molecule has 5 nitrogen and oxygen atoms in total. The maximum absolute atomic E-state index is 12.6. The highest BCUT2D eigenvalue weighted by Gasteiger charge is 2.30. The minimum absolute atomic E-state index is 0.0460. The number of carbonyl (C=O) groups excluding carboxylic acids is 1. The Labute approximate surface area is 153 Å². The molecule has 0 aliphatic carbocycles. The number of halogens is 3. The molecule has 0 spiro atoms. The Morgan fingerprint density at radius 2 is 1.70 bits per heavy atom. The minimum Gasteiger partial charge on any atom is -0.339 e. The topological polar surface area (TPSA) is 66.9 Å². The number of hydrogen-bond donors (Lipinski definition) is 2. The van der Waals surface area contributed by atoms with Crippen LogP contribution in [0.5, 0.6) is 0 Å². The van der Waals surface area contributed by atoms with Crippen molar-refractivity contribution in [3.8, 4) is 0 Å². The van der Waals surface area contributed by atoms with Crippen molar-refractivity contribution >= 4 is 23.1 Å². The van der Waals surface area contributed by atoms with E-state index in [-0.39, 0.29) is 11.4 Å². The van der Waals surface area contributed by atoms with Crippen molar-refractivity contribution in [2.45, 2.75) is 13.1 Å². The highest BCUT2D eigenvalue weighted by atomic mass is 19.4. The van der Waals surface area contributed by atoms with Crippen molar-refractivity contribution < 1.29 is 18.0 Å². The van der Waals surface area contributed by atoms with Gasteiger partial charge in [0.2, 0.25) is 0 Å². The van der Waals surface area contributed by atoms with Crippen LogP contribution in [0.4, 0.5) is 30.4 Å². The zero-order valence-corrected chi connectivity index (χ0v) is 14.2. The maximum atomic E-state index is 12.6. The van der Waals surface area contributed by atoms with E-state index < -0.39 is 17.6 Å². The highest BCUT2D eigenvalue weighted by Crippen LogP contribution is 2.29. The first-order valence-corrected chi connectivity index (χ1v) is 7.95. The Hall–Kier alpha value is -3.42. The van der Waals surface area contributed by atoms with Gasteiger partial charge in [0.1, 0.15) is 11.5 Å². The zero-order valence-electron chi connectivity index (χ0n) is 14.2. The number of carbonyl (C=O) groups is 1. The van der Waals surface area contributed by atoms with Crippen molar-refractivity contribution in [1.29, 1.82) is 0 Å². The van der Waals surface area contributed by atoms with E-state index in [4.69, 9.17) is 0 Å². The van der Waals surface area contributed by atoms with Crippen LogP contribution in [0.3, 0.4) is 0 Å². The van der Waals surface area contributed by atoms with Crippen LogP contribution in [0.1, 0.15) is 21.6 Å². The summed E-state index contributed by atoms with van der Waals surface area (Å²) < 4.78 is 37.7. The van der Waals surface area contributed by atoms with Crippen LogP contribution >= 0.6 is 0 Å². The van der Waals surface area contributed by atoms with E-state index >= 15 is 0 Å². The highest BCUT2D eigenvalue weighted by molar-refractivity contribution is 6.02. The molecule has 2 aromatic carbocycles. The Morgan fingerprint density at radius 1 is 0.963 bits per heavy atom. The molecule has 1 amide bonds. The molecule has 0 atom stereocenters. The monoisotopic (exact) mass is 372 g/mol. The van der Waals surface area contributed by atoms with Crippen LogP contribution in [-0.2, 0) is 6.18 Å².